The van der Waals surface area contributed by atoms with Gasteiger partial charge in [-0.3, -0.25) is 4.79 Å². The maximum atomic E-state index is 11.8. The van der Waals surface area contributed by atoms with Crippen LogP contribution in [0.25, 0.3) is 0 Å². The zero-order chi connectivity index (χ0) is 12.3. The van der Waals surface area contributed by atoms with Gasteiger partial charge in [0.1, 0.15) is 0 Å². The summed E-state index contributed by atoms with van der Waals surface area (Å²) in [5, 5.41) is 2.88. The Morgan fingerprint density at radius 3 is 2.69 bits per heavy atom. The standard InChI is InChI=1S/C10H13ClN2O2S/c1-3-10(2,9(12)16)13-8(14)6-4-5-7(11)15-6/h4-5H,3H2,1-2H3,(H2,12,16)(H,13,14). The molecule has 0 bridgehead atoms. The number of halogens is 1. The second-order valence-corrected chi connectivity index (χ2v) is 4.42. The van der Waals surface area contributed by atoms with Crippen molar-refractivity contribution in [3.63, 3.8) is 0 Å². The highest BCUT2D eigenvalue weighted by Gasteiger charge is 2.28. The zero-order valence-corrected chi connectivity index (χ0v) is 10.6. The van der Waals surface area contributed by atoms with E-state index in [0.29, 0.717) is 6.42 Å². The largest absolute Gasteiger partial charge is 0.440 e. The zero-order valence-electron chi connectivity index (χ0n) is 9.04. The second kappa shape index (κ2) is 4.84. The molecule has 1 amide bonds. The van der Waals surface area contributed by atoms with Crippen molar-refractivity contribution in [3.05, 3.63) is 23.1 Å². The Morgan fingerprint density at radius 2 is 2.31 bits per heavy atom. The highest BCUT2D eigenvalue weighted by Crippen LogP contribution is 2.15. The first-order valence-electron chi connectivity index (χ1n) is 4.77. The monoisotopic (exact) mass is 260 g/mol. The highest BCUT2D eigenvalue weighted by molar-refractivity contribution is 7.80. The number of rotatable bonds is 4. The van der Waals surface area contributed by atoms with E-state index in [1.165, 1.54) is 12.1 Å². The van der Waals surface area contributed by atoms with Crippen molar-refractivity contribution in [2.45, 2.75) is 25.8 Å². The maximum absolute atomic E-state index is 11.8. The van der Waals surface area contributed by atoms with Crippen LogP contribution in [0.4, 0.5) is 0 Å². The summed E-state index contributed by atoms with van der Waals surface area (Å²) in [6.45, 7) is 3.65. The first-order chi connectivity index (χ1) is 7.39. The fraction of sp³-hybridized carbons (Fsp3) is 0.400. The van der Waals surface area contributed by atoms with E-state index in [1.807, 2.05) is 6.92 Å². The molecule has 1 heterocycles. The summed E-state index contributed by atoms with van der Waals surface area (Å²) in [5.74, 6) is -0.245. The van der Waals surface area contributed by atoms with Crippen LogP contribution in [0.2, 0.25) is 5.22 Å². The molecule has 16 heavy (non-hydrogen) atoms. The minimum atomic E-state index is -0.717. The molecular weight excluding hydrogens is 248 g/mol. The Bertz CT molecular complexity index is 419. The molecule has 1 aromatic heterocycles. The van der Waals surface area contributed by atoms with Gasteiger partial charge in [-0.1, -0.05) is 19.1 Å². The summed E-state index contributed by atoms with van der Waals surface area (Å²) >= 11 is 10.5. The third-order valence-corrected chi connectivity index (χ3v) is 3.09. The molecule has 6 heteroatoms. The van der Waals surface area contributed by atoms with Crippen LogP contribution in [-0.2, 0) is 0 Å². The third kappa shape index (κ3) is 2.74. The molecule has 0 radical (unpaired) electrons. The predicted molar refractivity (Wildman–Crippen MR) is 66.7 cm³/mol. The Kier molecular flexibility index (Phi) is 3.93. The van der Waals surface area contributed by atoms with Crippen molar-refractivity contribution in [2.75, 3.05) is 0 Å². The number of nitrogens with one attached hydrogen (secondary N) is 1. The molecule has 0 fully saturated rings. The van der Waals surface area contributed by atoms with Crippen LogP contribution < -0.4 is 11.1 Å². The van der Waals surface area contributed by atoms with Crippen LogP contribution >= 0.6 is 23.8 Å². The maximum Gasteiger partial charge on any atom is 0.287 e. The summed E-state index contributed by atoms with van der Waals surface area (Å²) in [6.07, 6.45) is 0.600. The van der Waals surface area contributed by atoms with Gasteiger partial charge in [-0.2, -0.15) is 0 Å². The van der Waals surface area contributed by atoms with Gasteiger partial charge in [-0.15, -0.1) is 0 Å². The van der Waals surface area contributed by atoms with Crippen molar-refractivity contribution in [1.29, 1.82) is 0 Å². The lowest BCUT2D eigenvalue weighted by atomic mass is 9.99. The van der Waals surface area contributed by atoms with Gasteiger partial charge in [0.2, 0.25) is 0 Å². The lowest BCUT2D eigenvalue weighted by Gasteiger charge is -2.27. The number of carbonyl (C=O) groups is 1. The Labute approximate surface area is 104 Å². The smallest absolute Gasteiger partial charge is 0.287 e. The van der Waals surface area contributed by atoms with Crippen LogP contribution in [0.3, 0.4) is 0 Å². The van der Waals surface area contributed by atoms with Crippen molar-refractivity contribution in [3.8, 4) is 0 Å². The SMILES string of the molecule is CCC(C)(NC(=O)c1ccc(Cl)o1)C(N)=S. The lowest BCUT2D eigenvalue weighted by Crippen LogP contribution is -2.54. The molecular formula is C10H13ClN2O2S. The van der Waals surface area contributed by atoms with E-state index in [0.717, 1.165) is 0 Å². The van der Waals surface area contributed by atoms with Crippen LogP contribution in [0, 0.1) is 0 Å². The van der Waals surface area contributed by atoms with Crippen LogP contribution in [0.5, 0.6) is 0 Å². The van der Waals surface area contributed by atoms with E-state index in [1.54, 1.807) is 6.92 Å². The fourth-order valence-corrected chi connectivity index (χ4v) is 1.41. The molecule has 4 nitrogen and oxygen atoms in total. The van der Waals surface area contributed by atoms with E-state index in [9.17, 15) is 4.79 Å². The summed E-state index contributed by atoms with van der Waals surface area (Å²) < 4.78 is 4.98. The number of thiocarbonyl (C=S) groups is 1. The first kappa shape index (κ1) is 13.0. The van der Waals surface area contributed by atoms with Gasteiger partial charge in [0, 0.05) is 0 Å². The van der Waals surface area contributed by atoms with Crippen LogP contribution in [0.1, 0.15) is 30.8 Å². The summed E-state index contributed by atoms with van der Waals surface area (Å²) in [7, 11) is 0. The number of hydrogen-bond donors (Lipinski definition) is 2. The Balaban J connectivity index is 2.81. The molecule has 0 aliphatic rings. The number of nitrogens with two attached hydrogens (primary N) is 1. The first-order valence-corrected chi connectivity index (χ1v) is 5.55. The second-order valence-electron chi connectivity index (χ2n) is 3.61. The van der Waals surface area contributed by atoms with Gasteiger partial charge in [0.25, 0.3) is 5.91 Å². The summed E-state index contributed by atoms with van der Waals surface area (Å²) in [4.78, 5) is 12.0. The molecule has 0 aliphatic carbocycles. The van der Waals surface area contributed by atoms with Gasteiger partial charge in [-0.25, -0.2) is 0 Å². The number of amides is 1. The molecule has 0 aromatic carbocycles. The molecule has 0 aliphatic heterocycles. The van der Waals surface area contributed by atoms with Crippen LogP contribution in [-0.4, -0.2) is 16.4 Å². The van der Waals surface area contributed by atoms with Gasteiger partial charge in [-0.05, 0) is 37.1 Å². The molecule has 3 N–H and O–H groups in total. The van der Waals surface area contributed by atoms with Crippen molar-refractivity contribution < 1.29 is 9.21 Å². The van der Waals surface area contributed by atoms with E-state index >= 15 is 0 Å². The predicted octanol–water partition coefficient (Wildman–Crippen LogP) is 2.12. The third-order valence-electron chi connectivity index (χ3n) is 2.44. The van der Waals surface area contributed by atoms with Crippen molar-refractivity contribution in [2.24, 2.45) is 5.73 Å². The molecule has 88 valence electrons. The van der Waals surface area contributed by atoms with Crippen molar-refractivity contribution >= 4 is 34.7 Å². The average Bonchev–Trinajstić information content (AvgIpc) is 2.64. The quantitative estimate of drug-likeness (QED) is 0.814. The van der Waals surface area contributed by atoms with Gasteiger partial charge >= 0.3 is 0 Å². The number of carbonyl (C=O) groups excluding carboxylic acids is 1. The molecule has 0 saturated carbocycles. The van der Waals surface area contributed by atoms with E-state index in [-0.39, 0.29) is 21.9 Å². The Hall–Kier alpha value is -1.07. The molecule has 0 saturated heterocycles. The van der Waals surface area contributed by atoms with Gasteiger partial charge < -0.3 is 15.5 Å². The Morgan fingerprint density at radius 1 is 1.69 bits per heavy atom. The molecule has 1 rings (SSSR count). The number of furan rings is 1. The topological polar surface area (TPSA) is 68.3 Å². The van der Waals surface area contributed by atoms with Crippen LogP contribution in [0.15, 0.2) is 16.5 Å². The van der Waals surface area contributed by atoms with E-state index in [4.69, 9.17) is 34.0 Å². The highest BCUT2D eigenvalue weighted by atomic mass is 35.5. The summed E-state index contributed by atoms with van der Waals surface area (Å²) in [5.41, 5.74) is 4.86. The normalized spacial score (nSPS) is 14.2. The minimum Gasteiger partial charge on any atom is -0.440 e. The van der Waals surface area contributed by atoms with Crippen molar-refractivity contribution in [1.82, 2.24) is 5.32 Å². The minimum absolute atomic E-state index is 0.140. The van der Waals surface area contributed by atoms with E-state index in [2.05, 4.69) is 5.32 Å². The fourth-order valence-electron chi connectivity index (χ4n) is 1.07. The van der Waals surface area contributed by atoms with Gasteiger partial charge in [0.15, 0.2) is 11.0 Å². The molecule has 1 atom stereocenters. The van der Waals surface area contributed by atoms with Gasteiger partial charge in [0.05, 0.1) is 10.5 Å². The molecule has 0 spiro atoms. The van der Waals surface area contributed by atoms with E-state index < -0.39 is 5.54 Å². The summed E-state index contributed by atoms with van der Waals surface area (Å²) in [6, 6.07) is 2.99. The molecule has 1 aromatic rings. The average molecular weight is 261 g/mol. The number of hydrogen-bond acceptors (Lipinski definition) is 3. The molecule has 1 unspecified atom stereocenters. The lowest BCUT2D eigenvalue weighted by molar-refractivity contribution is 0.0898.